The van der Waals surface area contributed by atoms with Crippen molar-refractivity contribution in [2.24, 2.45) is 0 Å². The first kappa shape index (κ1) is 17.8. The van der Waals surface area contributed by atoms with E-state index < -0.39 is 0 Å². The fraction of sp³-hybridized carbons (Fsp3) is 0.350. The average molecular weight is 359 g/mol. The molecule has 2 N–H and O–H groups in total. The van der Waals surface area contributed by atoms with Crippen molar-refractivity contribution in [1.29, 1.82) is 0 Å². The molecule has 1 saturated heterocycles. The summed E-state index contributed by atoms with van der Waals surface area (Å²) in [7, 11) is 1.58. The minimum absolute atomic E-state index is 0.103. The number of carbonyl (C=O) groups excluding carboxylic acids is 1. The Morgan fingerprint density at radius 3 is 2.68 bits per heavy atom. The van der Waals surface area contributed by atoms with Crippen LogP contribution in [-0.4, -0.2) is 32.7 Å². The third kappa shape index (κ3) is 3.97. The molecule has 132 valence electrons. The molecule has 2 aromatic rings. The monoisotopic (exact) mass is 358 g/mol. The number of methoxy groups -OCH3 is 1. The number of hydrogen-bond acceptors (Lipinski definition) is 3. The lowest BCUT2D eigenvalue weighted by Crippen LogP contribution is -2.47. The highest BCUT2D eigenvalue weighted by molar-refractivity contribution is 6.30. The summed E-state index contributed by atoms with van der Waals surface area (Å²) in [4.78, 5) is 12.7. The Morgan fingerprint density at radius 1 is 1.20 bits per heavy atom. The van der Waals surface area contributed by atoms with E-state index in [0.717, 1.165) is 31.0 Å². The number of hydrogen-bond donors (Lipinski definition) is 2. The van der Waals surface area contributed by atoms with Crippen LogP contribution < -0.4 is 15.4 Å². The molecule has 1 aliphatic heterocycles. The number of piperidine rings is 1. The van der Waals surface area contributed by atoms with Gasteiger partial charge in [-0.15, -0.1) is 0 Å². The van der Waals surface area contributed by atoms with Crippen LogP contribution in [0.25, 0.3) is 0 Å². The molecule has 0 radical (unpaired) electrons. The van der Waals surface area contributed by atoms with Gasteiger partial charge in [0.1, 0.15) is 5.75 Å². The Bertz CT molecular complexity index is 742. The minimum Gasteiger partial charge on any atom is -0.496 e. The van der Waals surface area contributed by atoms with Crippen LogP contribution in [0.2, 0.25) is 5.02 Å². The van der Waals surface area contributed by atoms with Gasteiger partial charge in [0.15, 0.2) is 0 Å². The predicted octanol–water partition coefficient (Wildman–Crippen LogP) is 3.40. The van der Waals surface area contributed by atoms with Gasteiger partial charge in [-0.2, -0.15) is 0 Å². The van der Waals surface area contributed by atoms with Gasteiger partial charge >= 0.3 is 0 Å². The Kier molecular flexibility index (Phi) is 5.61. The predicted molar refractivity (Wildman–Crippen MR) is 101 cm³/mol. The molecular formula is C20H23ClN2O2. The maximum absolute atomic E-state index is 12.7. The number of rotatable bonds is 5. The van der Waals surface area contributed by atoms with E-state index in [1.165, 1.54) is 5.56 Å². The Morgan fingerprint density at radius 2 is 1.96 bits per heavy atom. The van der Waals surface area contributed by atoms with E-state index in [0.29, 0.717) is 17.9 Å². The van der Waals surface area contributed by atoms with Crippen LogP contribution in [0.4, 0.5) is 0 Å². The van der Waals surface area contributed by atoms with Gasteiger partial charge in [0, 0.05) is 17.0 Å². The maximum Gasteiger partial charge on any atom is 0.255 e. The van der Waals surface area contributed by atoms with Crippen LogP contribution in [0.1, 0.15) is 28.8 Å². The van der Waals surface area contributed by atoms with Crippen LogP contribution in [0, 0.1) is 0 Å². The summed E-state index contributed by atoms with van der Waals surface area (Å²) >= 11 is 6.20. The largest absolute Gasteiger partial charge is 0.496 e. The van der Waals surface area contributed by atoms with Crippen molar-refractivity contribution >= 4 is 17.5 Å². The minimum atomic E-state index is -0.114. The second-order valence-corrected chi connectivity index (χ2v) is 6.86. The highest BCUT2D eigenvalue weighted by Gasteiger charge is 2.34. The molecule has 0 unspecified atom stereocenters. The topological polar surface area (TPSA) is 50.4 Å². The van der Waals surface area contributed by atoms with E-state index in [-0.39, 0.29) is 11.3 Å². The highest BCUT2D eigenvalue weighted by Crippen LogP contribution is 2.34. The molecule has 0 spiro atoms. The normalized spacial score (nSPS) is 16.2. The number of para-hydroxylation sites is 1. The van der Waals surface area contributed by atoms with E-state index in [2.05, 4.69) is 16.7 Å². The molecule has 0 saturated carbocycles. The highest BCUT2D eigenvalue weighted by atomic mass is 35.5. The first-order chi connectivity index (χ1) is 12.1. The lowest BCUT2D eigenvalue weighted by Gasteiger charge is -2.38. The Balaban J connectivity index is 1.81. The van der Waals surface area contributed by atoms with Gasteiger partial charge in [-0.1, -0.05) is 35.9 Å². The summed E-state index contributed by atoms with van der Waals surface area (Å²) in [6, 6.07) is 15.3. The zero-order valence-corrected chi connectivity index (χ0v) is 15.1. The fourth-order valence-electron chi connectivity index (χ4n) is 3.47. The molecule has 3 rings (SSSR count). The van der Waals surface area contributed by atoms with Gasteiger partial charge in [-0.25, -0.2) is 0 Å². The SMILES string of the molecule is COc1ccccc1C(=O)NCC1(c2cccc(Cl)c2)CCNCC1. The molecule has 25 heavy (non-hydrogen) atoms. The summed E-state index contributed by atoms with van der Waals surface area (Å²) in [6.45, 7) is 2.43. The van der Waals surface area contributed by atoms with Crippen LogP contribution >= 0.6 is 11.6 Å². The molecular weight excluding hydrogens is 336 g/mol. The van der Waals surface area contributed by atoms with Crippen molar-refractivity contribution in [3.63, 3.8) is 0 Å². The molecule has 0 aliphatic carbocycles. The van der Waals surface area contributed by atoms with Gasteiger partial charge in [-0.3, -0.25) is 4.79 Å². The van der Waals surface area contributed by atoms with Gasteiger partial charge < -0.3 is 15.4 Å². The molecule has 1 heterocycles. The van der Waals surface area contributed by atoms with Gasteiger partial charge in [0.25, 0.3) is 5.91 Å². The smallest absolute Gasteiger partial charge is 0.255 e. The van der Waals surface area contributed by atoms with E-state index in [4.69, 9.17) is 16.3 Å². The quantitative estimate of drug-likeness (QED) is 0.861. The van der Waals surface area contributed by atoms with Gasteiger partial charge in [0.2, 0.25) is 0 Å². The summed E-state index contributed by atoms with van der Waals surface area (Å²) in [5.41, 5.74) is 1.63. The van der Waals surface area contributed by atoms with Crippen LogP contribution in [0.5, 0.6) is 5.75 Å². The van der Waals surface area contributed by atoms with E-state index >= 15 is 0 Å². The molecule has 2 aromatic carbocycles. The molecule has 0 aromatic heterocycles. The number of ether oxygens (including phenoxy) is 1. The summed E-state index contributed by atoms with van der Waals surface area (Å²) in [6.07, 6.45) is 1.92. The first-order valence-electron chi connectivity index (χ1n) is 8.53. The molecule has 1 fully saturated rings. The fourth-order valence-corrected chi connectivity index (χ4v) is 3.66. The third-order valence-corrected chi connectivity index (χ3v) is 5.17. The van der Waals surface area contributed by atoms with Crippen molar-refractivity contribution in [3.8, 4) is 5.75 Å². The molecule has 1 amide bonds. The number of amides is 1. The van der Waals surface area contributed by atoms with Gasteiger partial charge in [0.05, 0.1) is 12.7 Å². The van der Waals surface area contributed by atoms with Crippen molar-refractivity contribution in [2.45, 2.75) is 18.3 Å². The Hall–Kier alpha value is -2.04. The van der Waals surface area contributed by atoms with Crippen LogP contribution in [-0.2, 0) is 5.41 Å². The zero-order valence-electron chi connectivity index (χ0n) is 14.3. The average Bonchev–Trinajstić information content (AvgIpc) is 2.67. The van der Waals surface area contributed by atoms with Crippen molar-refractivity contribution in [2.75, 3.05) is 26.7 Å². The van der Waals surface area contributed by atoms with Crippen molar-refractivity contribution < 1.29 is 9.53 Å². The molecule has 0 atom stereocenters. The van der Waals surface area contributed by atoms with E-state index in [9.17, 15) is 4.79 Å². The third-order valence-electron chi connectivity index (χ3n) is 4.94. The van der Waals surface area contributed by atoms with Crippen LogP contribution in [0.15, 0.2) is 48.5 Å². The van der Waals surface area contributed by atoms with Crippen molar-refractivity contribution in [1.82, 2.24) is 10.6 Å². The molecule has 4 nitrogen and oxygen atoms in total. The summed E-state index contributed by atoms with van der Waals surface area (Å²) in [5, 5.41) is 7.24. The number of halogens is 1. The maximum atomic E-state index is 12.7. The molecule has 5 heteroatoms. The number of benzene rings is 2. The molecule has 1 aliphatic rings. The standard InChI is InChI=1S/C20H23ClN2O2/c1-25-18-8-3-2-7-17(18)19(24)23-14-20(9-11-22-12-10-20)15-5-4-6-16(21)13-15/h2-8,13,22H,9-12,14H2,1H3,(H,23,24). The van der Waals surface area contributed by atoms with Crippen LogP contribution in [0.3, 0.4) is 0 Å². The molecule has 0 bridgehead atoms. The van der Waals surface area contributed by atoms with Gasteiger partial charge in [-0.05, 0) is 55.8 Å². The van der Waals surface area contributed by atoms with Crippen molar-refractivity contribution in [3.05, 3.63) is 64.7 Å². The Labute approximate surface area is 153 Å². The second-order valence-electron chi connectivity index (χ2n) is 6.42. The summed E-state index contributed by atoms with van der Waals surface area (Å²) < 4.78 is 5.30. The summed E-state index contributed by atoms with van der Waals surface area (Å²) in [5.74, 6) is 0.472. The lowest BCUT2D eigenvalue weighted by molar-refractivity contribution is 0.0935. The number of nitrogens with one attached hydrogen (secondary N) is 2. The zero-order chi connectivity index (χ0) is 17.7. The first-order valence-corrected chi connectivity index (χ1v) is 8.90. The van der Waals surface area contributed by atoms with E-state index in [1.807, 2.05) is 30.3 Å². The lowest BCUT2D eigenvalue weighted by atomic mass is 9.73. The van der Waals surface area contributed by atoms with E-state index in [1.54, 1.807) is 19.2 Å². The number of carbonyl (C=O) groups is 1. The second kappa shape index (κ2) is 7.89.